The Labute approximate surface area is 215 Å². The Morgan fingerprint density at radius 2 is 1.89 bits per heavy atom. The van der Waals surface area contributed by atoms with Crippen LogP contribution in [0.2, 0.25) is 0 Å². The number of rotatable bonds is 7. The van der Waals surface area contributed by atoms with Crippen molar-refractivity contribution < 1.29 is 13.9 Å². The molecule has 192 valence electrons. The van der Waals surface area contributed by atoms with Crippen molar-refractivity contribution in [2.75, 3.05) is 23.7 Å². The van der Waals surface area contributed by atoms with Crippen molar-refractivity contribution in [2.45, 2.75) is 32.6 Å². The lowest BCUT2D eigenvalue weighted by atomic mass is 9.97. The largest absolute Gasteiger partial charge is 0.457 e. The number of benzene rings is 2. The summed E-state index contributed by atoms with van der Waals surface area (Å²) < 4.78 is 22.4. The zero-order chi connectivity index (χ0) is 25.9. The number of imidazole rings is 1. The van der Waals surface area contributed by atoms with Crippen molar-refractivity contribution in [3.63, 3.8) is 0 Å². The maximum atomic E-state index is 14.5. The number of carbonyl (C=O) groups excluding carboxylic acids is 1. The van der Waals surface area contributed by atoms with Gasteiger partial charge in [-0.1, -0.05) is 19.9 Å². The summed E-state index contributed by atoms with van der Waals surface area (Å²) in [4.78, 5) is 21.5. The number of fused-ring (bicyclic) bond motifs is 1. The number of anilines is 3. The van der Waals surface area contributed by atoms with Gasteiger partial charge in [0, 0.05) is 31.3 Å². The highest BCUT2D eigenvalue weighted by Gasteiger charge is 2.21. The lowest BCUT2D eigenvalue weighted by Crippen LogP contribution is -2.34. The number of aryl methyl sites for hydroxylation is 1. The normalized spacial score (nSPS) is 14.2. The number of nitrogens with one attached hydrogen (secondary N) is 3. The SMILES string of the molecule is CC(C)c1ccc(F)c(Nc2nc3cc(Oc4ccnc(NC(=O)C5CCNCC5)c4)ccc3n2C)c1. The molecule has 1 aliphatic heterocycles. The molecule has 3 N–H and O–H groups in total. The smallest absolute Gasteiger partial charge is 0.228 e. The summed E-state index contributed by atoms with van der Waals surface area (Å²) in [6.07, 6.45) is 3.24. The highest BCUT2D eigenvalue weighted by atomic mass is 19.1. The van der Waals surface area contributed by atoms with E-state index in [2.05, 4.69) is 39.8 Å². The van der Waals surface area contributed by atoms with Crippen LogP contribution in [0.25, 0.3) is 11.0 Å². The minimum atomic E-state index is -0.332. The van der Waals surface area contributed by atoms with Crippen molar-refractivity contribution in [3.8, 4) is 11.5 Å². The fourth-order valence-electron chi connectivity index (χ4n) is 4.46. The number of carbonyl (C=O) groups is 1. The minimum absolute atomic E-state index is 0.0108. The maximum absolute atomic E-state index is 14.5. The zero-order valence-electron chi connectivity index (χ0n) is 21.2. The first-order chi connectivity index (χ1) is 17.9. The molecule has 0 radical (unpaired) electrons. The Kier molecular flexibility index (Phi) is 7.05. The molecule has 0 unspecified atom stereocenters. The number of hydrogen-bond acceptors (Lipinski definition) is 6. The molecule has 1 aliphatic rings. The molecule has 4 aromatic rings. The van der Waals surface area contributed by atoms with Gasteiger partial charge in [0.15, 0.2) is 0 Å². The van der Waals surface area contributed by atoms with Gasteiger partial charge in [-0.3, -0.25) is 4.79 Å². The molecule has 0 aliphatic carbocycles. The summed E-state index contributed by atoms with van der Waals surface area (Å²) in [5.41, 5.74) is 3.01. The van der Waals surface area contributed by atoms with E-state index in [-0.39, 0.29) is 23.6 Å². The zero-order valence-corrected chi connectivity index (χ0v) is 21.2. The van der Waals surface area contributed by atoms with Crippen molar-refractivity contribution in [2.24, 2.45) is 13.0 Å². The van der Waals surface area contributed by atoms with E-state index >= 15 is 0 Å². The van der Waals surface area contributed by atoms with E-state index in [1.165, 1.54) is 6.07 Å². The fraction of sp³-hybridized carbons (Fsp3) is 0.321. The first-order valence-electron chi connectivity index (χ1n) is 12.6. The maximum Gasteiger partial charge on any atom is 0.228 e. The average molecular weight is 503 g/mol. The first kappa shape index (κ1) is 24.7. The van der Waals surface area contributed by atoms with Crippen molar-refractivity contribution in [3.05, 3.63) is 66.1 Å². The Bertz CT molecular complexity index is 1430. The molecule has 8 nitrogen and oxygen atoms in total. The second kappa shape index (κ2) is 10.6. The van der Waals surface area contributed by atoms with Gasteiger partial charge in [0.25, 0.3) is 0 Å². The van der Waals surface area contributed by atoms with Crippen LogP contribution in [-0.4, -0.2) is 33.5 Å². The molecule has 3 heterocycles. The van der Waals surface area contributed by atoms with E-state index in [0.717, 1.165) is 37.0 Å². The summed E-state index contributed by atoms with van der Waals surface area (Å²) >= 11 is 0. The van der Waals surface area contributed by atoms with Gasteiger partial charge < -0.3 is 25.3 Å². The number of ether oxygens (including phenoxy) is 1. The quantitative estimate of drug-likeness (QED) is 0.300. The lowest BCUT2D eigenvalue weighted by molar-refractivity contribution is -0.120. The highest BCUT2D eigenvalue weighted by Crippen LogP contribution is 2.30. The number of aromatic nitrogens is 3. The van der Waals surface area contributed by atoms with E-state index in [4.69, 9.17) is 4.74 Å². The minimum Gasteiger partial charge on any atom is -0.457 e. The molecular formula is C28H31FN6O2. The van der Waals surface area contributed by atoms with Crippen LogP contribution in [-0.2, 0) is 11.8 Å². The van der Waals surface area contributed by atoms with Crippen LogP contribution < -0.4 is 20.7 Å². The number of nitrogens with zero attached hydrogens (tertiary/aromatic N) is 3. The van der Waals surface area contributed by atoms with Gasteiger partial charge in [0.1, 0.15) is 23.1 Å². The molecular weight excluding hydrogens is 471 g/mol. The summed E-state index contributed by atoms with van der Waals surface area (Å²) in [6.45, 7) is 5.84. The molecule has 1 saturated heterocycles. The predicted molar refractivity (Wildman–Crippen MR) is 143 cm³/mol. The van der Waals surface area contributed by atoms with Gasteiger partial charge in [-0.05, 0) is 67.7 Å². The van der Waals surface area contributed by atoms with Gasteiger partial charge in [-0.25, -0.2) is 14.4 Å². The van der Waals surface area contributed by atoms with Gasteiger partial charge in [-0.15, -0.1) is 0 Å². The molecule has 0 saturated carbocycles. The van der Waals surface area contributed by atoms with E-state index < -0.39 is 0 Å². The summed E-state index contributed by atoms with van der Waals surface area (Å²) in [5, 5.41) is 9.30. The molecule has 1 fully saturated rings. The van der Waals surface area contributed by atoms with E-state index in [1.807, 2.05) is 35.9 Å². The van der Waals surface area contributed by atoms with Crippen LogP contribution in [0.5, 0.6) is 11.5 Å². The third-order valence-electron chi connectivity index (χ3n) is 6.68. The molecule has 37 heavy (non-hydrogen) atoms. The Morgan fingerprint density at radius 1 is 1.11 bits per heavy atom. The first-order valence-corrected chi connectivity index (χ1v) is 12.6. The molecule has 2 aromatic carbocycles. The van der Waals surface area contributed by atoms with Gasteiger partial charge in [-0.2, -0.15) is 0 Å². The molecule has 0 spiro atoms. The number of halogens is 1. The average Bonchev–Trinajstić information content (AvgIpc) is 3.20. The third-order valence-corrected chi connectivity index (χ3v) is 6.68. The van der Waals surface area contributed by atoms with Gasteiger partial charge in [0.2, 0.25) is 11.9 Å². The Morgan fingerprint density at radius 3 is 2.68 bits per heavy atom. The van der Waals surface area contributed by atoms with E-state index in [1.54, 1.807) is 24.4 Å². The third kappa shape index (κ3) is 5.56. The monoisotopic (exact) mass is 502 g/mol. The van der Waals surface area contributed by atoms with Crippen LogP contribution >= 0.6 is 0 Å². The van der Waals surface area contributed by atoms with Crippen LogP contribution in [0.15, 0.2) is 54.7 Å². The summed E-state index contributed by atoms with van der Waals surface area (Å²) in [5.74, 6) is 2.05. The van der Waals surface area contributed by atoms with Crippen LogP contribution in [0.3, 0.4) is 0 Å². The Hall–Kier alpha value is -3.98. The van der Waals surface area contributed by atoms with Crippen LogP contribution in [0.1, 0.15) is 38.2 Å². The molecule has 2 aromatic heterocycles. The second-order valence-electron chi connectivity index (χ2n) is 9.66. The summed E-state index contributed by atoms with van der Waals surface area (Å²) in [7, 11) is 1.88. The number of piperidine rings is 1. The lowest BCUT2D eigenvalue weighted by Gasteiger charge is -2.21. The molecule has 0 atom stereocenters. The summed E-state index contributed by atoms with van der Waals surface area (Å²) in [6, 6.07) is 14.1. The topological polar surface area (TPSA) is 93.1 Å². The Balaban J connectivity index is 1.32. The predicted octanol–water partition coefficient (Wildman–Crippen LogP) is 5.70. The van der Waals surface area contributed by atoms with Gasteiger partial charge >= 0.3 is 0 Å². The molecule has 1 amide bonds. The van der Waals surface area contributed by atoms with Gasteiger partial charge in [0.05, 0.1) is 16.7 Å². The molecule has 0 bridgehead atoms. The van der Waals surface area contributed by atoms with Crippen molar-refractivity contribution in [1.29, 1.82) is 0 Å². The number of amides is 1. The van der Waals surface area contributed by atoms with E-state index in [9.17, 15) is 9.18 Å². The molecule has 9 heteroatoms. The van der Waals surface area contributed by atoms with Crippen LogP contribution in [0, 0.1) is 11.7 Å². The standard InChI is InChI=1S/C28H31FN6O2/c1-17(2)19-4-6-22(29)23(14-19)32-28-33-24-15-20(5-7-25(24)35(28)3)37-21-10-13-31-26(16-21)34-27(36)18-8-11-30-12-9-18/h4-7,10,13-18,30H,8-9,11-12H2,1-3H3,(H,32,33)(H,31,34,36). The van der Waals surface area contributed by atoms with Crippen molar-refractivity contribution >= 4 is 34.4 Å². The van der Waals surface area contributed by atoms with Crippen LogP contribution in [0.4, 0.5) is 21.8 Å². The number of hydrogen-bond donors (Lipinski definition) is 3. The number of pyridine rings is 1. The van der Waals surface area contributed by atoms with E-state index in [0.29, 0.717) is 34.5 Å². The van der Waals surface area contributed by atoms with Crippen molar-refractivity contribution in [1.82, 2.24) is 19.9 Å². The highest BCUT2D eigenvalue weighted by molar-refractivity contribution is 5.91. The molecule has 5 rings (SSSR count). The second-order valence-corrected chi connectivity index (χ2v) is 9.66. The fourth-order valence-corrected chi connectivity index (χ4v) is 4.46.